The van der Waals surface area contributed by atoms with E-state index in [-0.39, 0.29) is 30.9 Å². The van der Waals surface area contributed by atoms with E-state index in [4.69, 9.17) is 4.74 Å². The minimum Gasteiger partial charge on any atom is -0.491 e. The maximum absolute atomic E-state index is 12.7. The molecule has 2 aromatic rings. The fraction of sp³-hybridized carbons (Fsp3) is 0.333. The molecule has 3 nitrogen and oxygen atoms in total. The van der Waals surface area contributed by atoms with Crippen molar-refractivity contribution in [2.24, 2.45) is 0 Å². The maximum atomic E-state index is 12.7. The van der Waals surface area contributed by atoms with Crippen LogP contribution in [0.2, 0.25) is 0 Å². The van der Waals surface area contributed by atoms with Crippen LogP contribution in [0.4, 0.5) is 4.39 Å². The number of halogens is 2. The van der Waals surface area contributed by atoms with Gasteiger partial charge in [-0.15, -0.1) is 23.7 Å². The minimum atomic E-state index is -0.609. The largest absolute Gasteiger partial charge is 0.491 e. The highest BCUT2D eigenvalue weighted by atomic mass is 35.5. The average Bonchev–Trinajstić information content (AvgIpc) is 2.98. The molecule has 116 valence electrons. The van der Waals surface area contributed by atoms with Gasteiger partial charge >= 0.3 is 0 Å². The lowest BCUT2D eigenvalue weighted by atomic mass is 10.2. The van der Waals surface area contributed by atoms with Crippen LogP contribution < -0.4 is 10.1 Å². The van der Waals surface area contributed by atoms with Crippen LogP contribution in [0, 0.1) is 5.82 Å². The van der Waals surface area contributed by atoms with Gasteiger partial charge in [0.05, 0.1) is 0 Å². The summed E-state index contributed by atoms with van der Waals surface area (Å²) in [6.45, 7) is 2.68. The van der Waals surface area contributed by atoms with Crippen molar-refractivity contribution < 1.29 is 14.2 Å². The SMILES string of the molecule is CC(NCC(O)COc1ccc(F)cc1)c1cccs1.Cl. The zero-order valence-corrected chi connectivity index (χ0v) is 13.3. The van der Waals surface area contributed by atoms with Crippen LogP contribution in [-0.4, -0.2) is 24.4 Å². The molecule has 0 aliphatic carbocycles. The van der Waals surface area contributed by atoms with E-state index in [9.17, 15) is 9.50 Å². The Morgan fingerprint density at radius 1 is 1.29 bits per heavy atom. The Labute approximate surface area is 134 Å². The molecule has 2 unspecified atom stereocenters. The monoisotopic (exact) mass is 331 g/mol. The molecule has 0 saturated heterocycles. The Balaban J connectivity index is 0.00000220. The first-order valence-electron chi connectivity index (χ1n) is 6.48. The first-order valence-corrected chi connectivity index (χ1v) is 7.36. The van der Waals surface area contributed by atoms with Crippen molar-refractivity contribution in [2.75, 3.05) is 13.2 Å². The summed E-state index contributed by atoms with van der Waals surface area (Å²) < 4.78 is 18.1. The van der Waals surface area contributed by atoms with E-state index in [1.54, 1.807) is 23.5 Å². The van der Waals surface area contributed by atoms with Gasteiger partial charge in [-0.25, -0.2) is 4.39 Å². The molecule has 2 atom stereocenters. The highest BCUT2D eigenvalue weighted by Gasteiger charge is 2.10. The molecule has 0 aliphatic heterocycles. The van der Waals surface area contributed by atoms with Gasteiger partial charge in [0.2, 0.25) is 0 Å². The lowest BCUT2D eigenvalue weighted by Gasteiger charge is -2.16. The van der Waals surface area contributed by atoms with Crippen LogP contribution in [-0.2, 0) is 0 Å². The fourth-order valence-corrected chi connectivity index (χ4v) is 2.49. The number of hydrogen-bond donors (Lipinski definition) is 2. The molecule has 0 radical (unpaired) electrons. The molecule has 0 spiro atoms. The van der Waals surface area contributed by atoms with Gasteiger partial charge in [-0.1, -0.05) is 6.07 Å². The molecule has 6 heteroatoms. The predicted molar refractivity (Wildman–Crippen MR) is 85.9 cm³/mol. The van der Waals surface area contributed by atoms with Gasteiger partial charge in [0.1, 0.15) is 24.3 Å². The first kappa shape index (κ1) is 17.9. The van der Waals surface area contributed by atoms with Crippen LogP contribution in [0.25, 0.3) is 0 Å². The van der Waals surface area contributed by atoms with Crippen molar-refractivity contribution >= 4 is 23.7 Å². The van der Waals surface area contributed by atoms with Gasteiger partial charge in [-0.05, 0) is 42.6 Å². The molecule has 0 bridgehead atoms. The number of aliphatic hydroxyl groups is 1. The molecule has 1 aromatic heterocycles. The number of thiophene rings is 1. The number of hydrogen-bond acceptors (Lipinski definition) is 4. The van der Waals surface area contributed by atoms with E-state index in [0.717, 1.165) is 0 Å². The molecule has 2 rings (SSSR count). The van der Waals surface area contributed by atoms with Gasteiger partial charge < -0.3 is 15.2 Å². The summed E-state index contributed by atoms with van der Waals surface area (Å²) in [7, 11) is 0. The Bertz CT molecular complexity index is 507. The number of nitrogens with one attached hydrogen (secondary N) is 1. The van der Waals surface area contributed by atoms with Crippen LogP contribution >= 0.6 is 23.7 Å². The van der Waals surface area contributed by atoms with Crippen molar-refractivity contribution in [3.05, 3.63) is 52.5 Å². The summed E-state index contributed by atoms with van der Waals surface area (Å²) in [5, 5.41) is 15.1. The molecule has 2 N–H and O–H groups in total. The second-order valence-electron chi connectivity index (χ2n) is 4.56. The molecule has 0 saturated carbocycles. The number of rotatable bonds is 7. The second-order valence-corrected chi connectivity index (χ2v) is 5.54. The molecule has 0 fully saturated rings. The normalized spacial score (nSPS) is 13.3. The van der Waals surface area contributed by atoms with E-state index in [1.165, 1.54) is 17.0 Å². The summed E-state index contributed by atoms with van der Waals surface area (Å²) in [5.74, 6) is 0.251. The topological polar surface area (TPSA) is 41.5 Å². The summed E-state index contributed by atoms with van der Waals surface area (Å²) in [6, 6.07) is 10.0. The minimum absolute atomic E-state index is 0. The van der Waals surface area contributed by atoms with Gasteiger partial charge in [0, 0.05) is 17.5 Å². The van der Waals surface area contributed by atoms with E-state index >= 15 is 0 Å². The molecular formula is C15H19ClFNO2S. The lowest BCUT2D eigenvalue weighted by Crippen LogP contribution is -2.32. The third-order valence-electron chi connectivity index (χ3n) is 2.89. The van der Waals surface area contributed by atoms with E-state index in [0.29, 0.717) is 12.3 Å². The highest BCUT2D eigenvalue weighted by molar-refractivity contribution is 7.10. The standard InChI is InChI=1S/C15H18FNO2S.ClH/c1-11(15-3-2-8-20-15)17-9-13(18)10-19-14-6-4-12(16)5-7-14;/h2-8,11,13,17-18H,9-10H2,1H3;1H. The number of aliphatic hydroxyl groups excluding tert-OH is 1. The Morgan fingerprint density at radius 3 is 2.62 bits per heavy atom. The Morgan fingerprint density at radius 2 is 2.00 bits per heavy atom. The zero-order valence-electron chi connectivity index (χ0n) is 11.7. The second kappa shape index (κ2) is 9.00. The maximum Gasteiger partial charge on any atom is 0.123 e. The first-order chi connectivity index (χ1) is 9.65. The van der Waals surface area contributed by atoms with Crippen molar-refractivity contribution in [1.29, 1.82) is 0 Å². The lowest BCUT2D eigenvalue weighted by molar-refractivity contribution is 0.104. The van der Waals surface area contributed by atoms with Gasteiger partial charge in [-0.3, -0.25) is 0 Å². The summed E-state index contributed by atoms with van der Waals surface area (Å²) in [6.07, 6.45) is -0.609. The van der Waals surface area contributed by atoms with E-state index in [1.807, 2.05) is 11.4 Å². The molecular weight excluding hydrogens is 313 g/mol. The molecule has 0 aliphatic rings. The predicted octanol–water partition coefficient (Wildman–Crippen LogP) is 3.40. The highest BCUT2D eigenvalue weighted by Crippen LogP contribution is 2.18. The summed E-state index contributed by atoms with van der Waals surface area (Å²) >= 11 is 1.68. The summed E-state index contributed by atoms with van der Waals surface area (Å²) in [5.41, 5.74) is 0. The van der Waals surface area contributed by atoms with Crippen molar-refractivity contribution in [1.82, 2.24) is 5.32 Å². The van der Waals surface area contributed by atoms with Crippen molar-refractivity contribution in [3.8, 4) is 5.75 Å². The summed E-state index contributed by atoms with van der Waals surface area (Å²) in [4.78, 5) is 1.23. The van der Waals surface area contributed by atoms with Crippen LogP contribution in [0.1, 0.15) is 17.8 Å². The smallest absolute Gasteiger partial charge is 0.123 e. The van der Waals surface area contributed by atoms with Gasteiger partial charge in [0.15, 0.2) is 0 Å². The third-order valence-corrected chi connectivity index (χ3v) is 3.94. The molecule has 1 aromatic carbocycles. The van der Waals surface area contributed by atoms with Crippen molar-refractivity contribution in [3.63, 3.8) is 0 Å². The van der Waals surface area contributed by atoms with Crippen LogP contribution in [0.5, 0.6) is 5.75 Å². The van der Waals surface area contributed by atoms with Gasteiger partial charge in [-0.2, -0.15) is 0 Å². The fourth-order valence-electron chi connectivity index (χ4n) is 1.73. The number of ether oxygens (including phenoxy) is 1. The molecule has 0 amide bonds. The van der Waals surface area contributed by atoms with Crippen LogP contribution in [0.15, 0.2) is 41.8 Å². The Hall–Kier alpha value is -1.14. The van der Waals surface area contributed by atoms with Crippen molar-refractivity contribution in [2.45, 2.75) is 19.1 Å². The average molecular weight is 332 g/mol. The molecule has 1 heterocycles. The number of benzene rings is 1. The van der Waals surface area contributed by atoms with E-state index in [2.05, 4.69) is 18.3 Å². The quantitative estimate of drug-likeness (QED) is 0.817. The van der Waals surface area contributed by atoms with Gasteiger partial charge in [0.25, 0.3) is 0 Å². The Kier molecular flexibility index (Phi) is 7.67. The van der Waals surface area contributed by atoms with Crippen LogP contribution in [0.3, 0.4) is 0 Å². The third kappa shape index (κ3) is 6.01. The van der Waals surface area contributed by atoms with E-state index < -0.39 is 6.10 Å². The zero-order chi connectivity index (χ0) is 14.4. The molecule has 21 heavy (non-hydrogen) atoms.